The Kier molecular flexibility index (Phi) is 9.70. The van der Waals surface area contributed by atoms with Gasteiger partial charge in [-0.1, -0.05) is 249 Å². The zero-order chi connectivity index (χ0) is 45.8. The van der Waals surface area contributed by atoms with Crippen molar-refractivity contribution in [3.63, 3.8) is 0 Å². The zero-order valence-corrected chi connectivity index (χ0v) is 38.1. The third kappa shape index (κ3) is 6.24. The quantitative estimate of drug-likeness (QED) is 0.140. The van der Waals surface area contributed by atoms with Gasteiger partial charge in [0.25, 0.3) is 0 Å². The van der Waals surface area contributed by atoms with Crippen molar-refractivity contribution in [2.75, 3.05) is 4.90 Å². The van der Waals surface area contributed by atoms with Gasteiger partial charge in [0.2, 0.25) is 0 Å². The second-order valence-electron chi connectivity index (χ2n) is 18.3. The van der Waals surface area contributed by atoms with E-state index in [1.54, 1.807) is 0 Å². The van der Waals surface area contributed by atoms with Gasteiger partial charge in [-0.3, -0.25) is 0 Å². The smallest absolute Gasteiger partial charge is 0.0713 e. The zero-order valence-electron chi connectivity index (χ0n) is 38.1. The van der Waals surface area contributed by atoms with Crippen molar-refractivity contribution in [3.05, 3.63) is 330 Å². The van der Waals surface area contributed by atoms with Crippen molar-refractivity contribution >= 4 is 17.1 Å². The van der Waals surface area contributed by atoms with Crippen molar-refractivity contribution < 1.29 is 0 Å². The minimum Gasteiger partial charge on any atom is -0.310 e. The van der Waals surface area contributed by atoms with Crippen LogP contribution in [0.4, 0.5) is 17.1 Å². The van der Waals surface area contributed by atoms with Crippen LogP contribution in [0.25, 0.3) is 44.5 Å². The molecule has 0 radical (unpaired) electrons. The van der Waals surface area contributed by atoms with E-state index in [9.17, 15) is 0 Å². The Hall–Kier alpha value is -8.78. The fourth-order valence-electron chi connectivity index (χ4n) is 12.0. The second kappa shape index (κ2) is 16.5. The molecular weight excluding hydrogens is 831 g/mol. The Labute approximate surface area is 404 Å². The third-order valence-electron chi connectivity index (χ3n) is 14.8. The lowest BCUT2D eigenvalue weighted by Gasteiger charge is -2.34. The summed E-state index contributed by atoms with van der Waals surface area (Å²) in [5, 5.41) is 0. The molecule has 0 atom stereocenters. The molecule has 324 valence electrons. The molecule has 0 N–H and O–H groups in total. The molecule has 1 heteroatoms. The Bertz CT molecular complexity index is 3560. The molecule has 0 saturated carbocycles. The fourth-order valence-corrected chi connectivity index (χ4v) is 12.0. The van der Waals surface area contributed by atoms with Gasteiger partial charge >= 0.3 is 0 Å². The highest BCUT2D eigenvalue weighted by atomic mass is 15.1. The SMILES string of the molecule is c1ccc(-c2cccc(N(c3ccc(-c4cccc5c4-c4ccccc4C5(c4ccccc4)c4ccccc4)cc3)c3ccc4c(c3)-c3ccccc3C4(c3ccccc3)c3ccccc3)c2)cc1. The number of nitrogens with zero attached hydrogens (tertiary/aromatic N) is 1. The average molecular weight is 878 g/mol. The monoisotopic (exact) mass is 877 g/mol. The molecule has 2 aliphatic carbocycles. The first-order valence-corrected chi connectivity index (χ1v) is 24.0. The molecule has 2 aliphatic rings. The van der Waals surface area contributed by atoms with E-state index < -0.39 is 10.8 Å². The molecular formula is C68H47N. The fraction of sp³-hybridized carbons (Fsp3) is 0.0294. The summed E-state index contributed by atoms with van der Waals surface area (Å²) >= 11 is 0. The lowest BCUT2D eigenvalue weighted by atomic mass is 9.67. The molecule has 0 aromatic heterocycles. The lowest BCUT2D eigenvalue weighted by Crippen LogP contribution is -2.28. The average Bonchev–Trinajstić information content (AvgIpc) is 3.91. The number of hydrogen-bond acceptors (Lipinski definition) is 1. The van der Waals surface area contributed by atoms with Gasteiger partial charge in [-0.25, -0.2) is 0 Å². The topological polar surface area (TPSA) is 3.24 Å². The largest absolute Gasteiger partial charge is 0.310 e. The van der Waals surface area contributed by atoms with Crippen LogP contribution in [0.5, 0.6) is 0 Å². The highest BCUT2D eigenvalue weighted by molar-refractivity contribution is 5.96. The second-order valence-corrected chi connectivity index (χ2v) is 18.3. The lowest BCUT2D eigenvalue weighted by molar-refractivity contribution is 0.768. The molecule has 0 fully saturated rings. The van der Waals surface area contributed by atoms with E-state index in [1.807, 2.05) is 0 Å². The normalized spacial score (nSPS) is 13.4. The van der Waals surface area contributed by atoms with Crippen LogP contribution in [0, 0.1) is 0 Å². The van der Waals surface area contributed by atoms with Crippen LogP contribution in [-0.2, 0) is 10.8 Å². The van der Waals surface area contributed by atoms with Gasteiger partial charge in [0.1, 0.15) is 0 Å². The maximum atomic E-state index is 2.44. The molecule has 11 aromatic carbocycles. The van der Waals surface area contributed by atoms with Crippen molar-refractivity contribution in [1.29, 1.82) is 0 Å². The Morgan fingerprint density at radius 3 is 1.22 bits per heavy atom. The summed E-state index contributed by atoms with van der Waals surface area (Å²) in [4.78, 5) is 2.44. The first-order valence-electron chi connectivity index (χ1n) is 24.0. The minimum absolute atomic E-state index is 0.463. The summed E-state index contributed by atoms with van der Waals surface area (Å²) in [6, 6.07) is 105. The van der Waals surface area contributed by atoms with Crippen LogP contribution < -0.4 is 4.90 Å². The Balaban J connectivity index is 0.990. The van der Waals surface area contributed by atoms with E-state index in [4.69, 9.17) is 0 Å². The van der Waals surface area contributed by atoms with E-state index in [1.165, 1.54) is 89.0 Å². The van der Waals surface area contributed by atoms with Crippen molar-refractivity contribution in [1.82, 2.24) is 0 Å². The standard InChI is InChI=1S/C68H47N/c1-6-22-48(23-7-1)50-24-20-33-56(46-50)69(57-44-45-64-61(47-57)59-34-16-18-37-62(59)67(64,51-25-8-2-9-26-51)52-27-10-3-11-28-52)55-42-40-49(41-43-55)58-36-21-39-65-66(58)60-35-17-19-38-63(60)68(65,53-29-12-4-13-30-53)54-31-14-5-15-32-54/h1-47H. The highest BCUT2D eigenvalue weighted by Crippen LogP contribution is 2.59. The molecule has 0 bridgehead atoms. The predicted octanol–water partition coefficient (Wildman–Crippen LogP) is 17.2. The maximum absolute atomic E-state index is 2.44. The Morgan fingerprint density at radius 1 is 0.217 bits per heavy atom. The summed E-state index contributed by atoms with van der Waals surface area (Å²) in [5.74, 6) is 0. The number of hydrogen-bond donors (Lipinski definition) is 0. The van der Waals surface area contributed by atoms with Crippen LogP contribution >= 0.6 is 0 Å². The summed E-state index contributed by atoms with van der Waals surface area (Å²) in [5.41, 5.74) is 22.5. The molecule has 69 heavy (non-hydrogen) atoms. The number of anilines is 3. The first-order chi connectivity index (χ1) is 34.2. The van der Waals surface area contributed by atoms with Gasteiger partial charge in [-0.2, -0.15) is 0 Å². The van der Waals surface area contributed by atoms with E-state index in [2.05, 4.69) is 290 Å². The number of benzene rings is 11. The van der Waals surface area contributed by atoms with Gasteiger partial charge in [0, 0.05) is 17.1 Å². The van der Waals surface area contributed by atoms with Gasteiger partial charge in [-0.15, -0.1) is 0 Å². The van der Waals surface area contributed by atoms with Crippen LogP contribution in [0.3, 0.4) is 0 Å². The molecule has 0 unspecified atom stereocenters. The first kappa shape index (κ1) is 40.5. The molecule has 1 nitrogen and oxygen atoms in total. The summed E-state index contributed by atoms with van der Waals surface area (Å²) < 4.78 is 0. The van der Waals surface area contributed by atoms with E-state index in [-0.39, 0.29) is 0 Å². The Morgan fingerprint density at radius 2 is 0.623 bits per heavy atom. The molecule has 0 aliphatic heterocycles. The number of rotatable bonds is 9. The number of fused-ring (bicyclic) bond motifs is 6. The van der Waals surface area contributed by atoms with Crippen molar-refractivity contribution in [2.45, 2.75) is 10.8 Å². The highest BCUT2D eigenvalue weighted by Gasteiger charge is 2.48. The molecule has 11 aromatic rings. The van der Waals surface area contributed by atoms with Gasteiger partial charge in [0.15, 0.2) is 0 Å². The minimum atomic E-state index is -0.472. The van der Waals surface area contributed by atoms with E-state index in [0.717, 1.165) is 17.1 Å². The molecule has 0 spiro atoms. The predicted molar refractivity (Wildman–Crippen MR) is 287 cm³/mol. The van der Waals surface area contributed by atoms with Gasteiger partial charge < -0.3 is 4.90 Å². The summed E-state index contributed by atoms with van der Waals surface area (Å²) in [6.07, 6.45) is 0. The van der Waals surface area contributed by atoms with Crippen molar-refractivity contribution in [3.8, 4) is 44.5 Å². The third-order valence-corrected chi connectivity index (χ3v) is 14.8. The molecule has 0 saturated heterocycles. The summed E-state index contributed by atoms with van der Waals surface area (Å²) in [6.45, 7) is 0. The van der Waals surface area contributed by atoms with Crippen LogP contribution in [-0.4, -0.2) is 0 Å². The van der Waals surface area contributed by atoms with Crippen LogP contribution in [0.1, 0.15) is 44.5 Å². The molecule has 0 amide bonds. The molecule has 0 heterocycles. The van der Waals surface area contributed by atoms with Gasteiger partial charge in [-0.05, 0) is 125 Å². The van der Waals surface area contributed by atoms with Crippen LogP contribution in [0.2, 0.25) is 0 Å². The maximum Gasteiger partial charge on any atom is 0.0713 e. The van der Waals surface area contributed by atoms with E-state index >= 15 is 0 Å². The van der Waals surface area contributed by atoms with Gasteiger partial charge in [0.05, 0.1) is 10.8 Å². The summed E-state index contributed by atoms with van der Waals surface area (Å²) in [7, 11) is 0. The van der Waals surface area contributed by atoms with Crippen molar-refractivity contribution in [2.24, 2.45) is 0 Å². The van der Waals surface area contributed by atoms with Crippen LogP contribution in [0.15, 0.2) is 285 Å². The van der Waals surface area contributed by atoms with E-state index in [0.29, 0.717) is 0 Å². The molecule has 13 rings (SSSR count).